The summed E-state index contributed by atoms with van der Waals surface area (Å²) in [4.78, 5) is 10.7. The van der Waals surface area contributed by atoms with Crippen LogP contribution in [0.4, 0.5) is 0 Å². The van der Waals surface area contributed by atoms with Gasteiger partial charge in [0.1, 0.15) is 11.5 Å². The largest absolute Gasteiger partial charge is 0.481 e. The summed E-state index contributed by atoms with van der Waals surface area (Å²) in [7, 11) is 0. The van der Waals surface area contributed by atoms with Crippen molar-refractivity contribution in [2.45, 2.75) is 26.2 Å². The molecule has 0 saturated heterocycles. The molecule has 0 spiro atoms. The zero-order valence-electron chi connectivity index (χ0n) is 10.5. The highest BCUT2D eigenvalue weighted by Gasteiger charge is 2.14. The first kappa shape index (κ1) is 12.4. The second-order valence-electron chi connectivity index (χ2n) is 4.57. The molecule has 0 aliphatic carbocycles. The van der Waals surface area contributed by atoms with Gasteiger partial charge in [-0.15, -0.1) is 0 Å². The molecule has 1 heterocycles. The van der Waals surface area contributed by atoms with E-state index in [4.69, 9.17) is 9.52 Å². The molecule has 0 saturated carbocycles. The topological polar surface area (TPSA) is 50.4 Å². The highest BCUT2D eigenvalue weighted by atomic mass is 16.4. The van der Waals surface area contributed by atoms with Crippen molar-refractivity contribution < 1.29 is 14.3 Å². The van der Waals surface area contributed by atoms with Gasteiger partial charge in [0.2, 0.25) is 0 Å². The van der Waals surface area contributed by atoms with Gasteiger partial charge in [0.05, 0.1) is 6.42 Å². The fraction of sp³-hybridized carbons (Fsp3) is 0.267. The number of hydrogen-bond acceptors (Lipinski definition) is 2. The first-order chi connectivity index (χ1) is 8.56. The highest BCUT2D eigenvalue weighted by molar-refractivity contribution is 5.68. The minimum Gasteiger partial charge on any atom is -0.481 e. The Morgan fingerprint density at radius 2 is 1.89 bits per heavy atom. The molecule has 1 aromatic heterocycles. The summed E-state index contributed by atoms with van der Waals surface area (Å²) in [6, 6.07) is 11.8. The molecule has 1 atom stereocenters. The van der Waals surface area contributed by atoms with Crippen LogP contribution in [0.1, 0.15) is 30.6 Å². The molecule has 1 N–H and O–H groups in total. The van der Waals surface area contributed by atoms with E-state index in [1.807, 2.05) is 50.2 Å². The third kappa shape index (κ3) is 2.80. The summed E-state index contributed by atoms with van der Waals surface area (Å²) in [6.07, 6.45) is 0.0842. The molecule has 0 aliphatic rings. The zero-order chi connectivity index (χ0) is 13.1. The molecule has 2 aromatic rings. The quantitative estimate of drug-likeness (QED) is 0.889. The number of rotatable bonds is 4. The lowest BCUT2D eigenvalue weighted by molar-refractivity contribution is -0.137. The lowest BCUT2D eigenvalue weighted by Crippen LogP contribution is -2.01. The van der Waals surface area contributed by atoms with Crippen molar-refractivity contribution in [1.29, 1.82) is 0 Å². The Labute approximate surface area is 106 Å². The smallest absolute Gasteiger partial charge is 0.304 e. The Balaban J connectivity index is 2.19. The van der Waals surface area contributed by atoms with Crippen LogP contribution < -0.4 is 0 Å². The summed E-state index contributed by atoms with van der Waals surface area (Å²) < 4.78 is 5.71. The van der Waals surface area contributed by atoms with Crippen LogP contribution in [-0.2, 0) is 4.79 Å². The number of aliphatic carboxylic acids is 1. The molecule has 1 aromatic carbocycles. The van der Waals surface area contributed by atoms with Crippen LogP contribution in [0, 0.1) is 6.92 Å². The van der Waals surface area contributed by atoms with E-state index in [9.17, 15) is 4.79 Å². The van der Waals surface area contributed by atoms with Gasteiger partial charge < -0.3 is 9.52 Å². The monoisotopic (exact) mass is 244 g/mol. The second kappa shape index (κ2) is 5.08. The van der Waals surface area contributed by atoms with Crippen LogP contribution in [0.5, 0.6) is 0 Å². The predicted octanol–water partition coefficient (Wildman–Crippen LogP) is 3.83. The van der Waals surface area contributed by atoms with Crippen molar-refractivity contribution in [2.75, 3.05) is 0 Å². The lowest BCUT2D eigenvalue weighted by Gasteiger charge is -2.04. The first-order valence-electron chi connectivity index (χ1n) is 5.95. The van der Waals surface area contributed by atoms with E-state index < -0.39 is 5.97 Å². The van der Waals surface area contributed by atoms with Crippen molar-refractivity contribution in [1.82, 2.24) is 0 Å². The molecule has 94 valence electrons. The average molecular weight is 244 g/mol. The van der Waals surface area contributed by atoms with Gasteiger partial charge in [-0.25, -0.2) is 0 Å². The zero-order valence-corrected chi connectivity index (χ0v) is 10.5. The Morgan fingerprint density at radius 3 is 2.50 bits per heavy atom. The maximum Gasteiger partial charge on any atom is 0.304 e. The van der Waals surface area contributed by atoms with E-state index in [1.54, 1.807) is 0 Å². The molecule has 1 unspecified atom stereocenters. The van der Waals surface area contributed by atoms with Gasteiger partial charge in [-0.1, -0.05) is 36.8 Å². The van der Waals surface area contributed by atoms with Gasteiger partial charge in [0, 0.05) is 11.5 Å². The molecule has 3 nitrogen and oxygen atoms in total. The number of carbonyl (C=O) groups is 1. The van der Waals surface area contributed by atoms with E-state index in [0.717, 1.165) is 11.3 Å². The Morgan fingerprint density at radius 1 is 1.22 bits per heavy atom. The van der Waals surface area contributed by atoms with Crippen LogP contribution >= 0.6 is 0 Å². The van der Waals surface area contributed by atoms with E-state index in [2.05, 4.69) is 0 Å². The third-order valence-corrected chi connectivity index (χ3v) is 2.93. The summed E-state index contributed by atoms with van der Waals surface area (Å²) in [5, 5.41) is 8.76. The van der Waals surface area contributed by atoms with Crippen LogP contribution in [0.3, 0.4) is 0 Å². The van der Waals surface area contributed by atoms with Crippen LogP contribution in [0.25, 0.3) is 11.3 Å². The lowest BCUT2D eigenvalue weighted by atomic mass is 10.1. The van der Waals surface area contributed by atoms with Crippen LogP contribution in [0.15, 0.2) is 40.8 Å². The molecule has 18 heavy (non-hydrogen) atoms. The minimum atomic E-state index is -0.809. The van der Waals surface area contributed by atoms with E-state index in [-0.39, 0.29) is 12.3 Å². The number of benzene rings is 1. The fourth-order valence-corrected chi connectivity index (χ4v) is 1.85. The Bertz CT molecular complexity index is 537. The van der Waals surface area contributed by atoms with Gasteiger partial charge >= 0.3 is 5.97 Å². The van der Waals surface area contributed by atoms with Crippen molar-refractivity contribution in [3.8, 4) is 11.3 Å². The van der Waals surface area contributed by atoms with Crippen LogP contribution in [0.2, 0.25) is 0 Å². The van der Waals surface area contributed by atoms with Gasteiger partial charge in [0.25, 0.3) is 0 Å². The fourth-order valence-electron chi connectivity index (χ4n) is 1.85. The number of carboxylic acids is 1. The van der Waals surface area contributed by atoms with E-state index in [0.29, 0.717) is 5.76 Å². The van der Waals surface area contributed by atoms with Gasteiger partial charge in [-0.3, -0.25) is 4.79 Å². The van der Waals surface area contributed by atoms with Gasteiger partial charge in [0.15, 0.2) is 0 Å². The molecular formula is C15H16O3. The van der Waals surface area contributed by atoms with E-state index >= 15 is 0 Å². The standard InChI is InChI=1S/C15H16O3/c1-10-3-5-12(6-4-10)14-8-7-13(18-14)11(2)9-15(16)17/h3-8,11H,9H2,1-2H3,(H,16,17). The maximum atomic E-state index is 10.7. The van der Waals surface area contributed by atoms with Gasteiger partial charge in [-0.2, -0.15) is 0 Å². The number of furan rings is 1. The second-order valence-corrected chi connectivity index (χ2v) is 4.57. The minimum absolute atomic E-state index is 0.0842. The van der Waals surface area contributed by atoms with Gasteiger partial charge in [-0.05, 0) is 19.1 Å². The number of aryl methyl sites for hydroxylation is 1. The molecule has 3 heteroatoms. The molecule has 0 radical (unpaired) electrons. The number of hydrogen-bond donors (Lipinski definition) is 1. The van der Waals surface area contributed by atoms with E-state index in [1.165, 1.54) is 5.56 Å². The molecule has 0 amide bonds. The van der Waals surface area contributed by atoms with Crippen LogP contribution in [-0.4, -0.2) is 11.1 Å². The SMILES string of the molecule is Cc1ccc(-c2ccc(C(C)CC(=O)O)o2)cc1. The Hall–Kier alpha value is -2.03. The van der Waals surface area contributed by atoms with Crippen molar-refractivity contribution >= 4 is 5.97 Å². The summed E-state index contributed by atoms with van der Waals surface area (Å²) in [5.41, 5.74) is 2.21. The van der Waals surface area contributed by atoms with Crippen molar-refractivity contribution in [3.63, 3.8) is 0 Å². The Kier molecular flexibility index (Phi) is 3.51. The summed E-state index contributed by atoms with van der Waals surface area (Å²) in [6.45, 7) is 3.89. The average Bonchev–Trinajstić information content (AvgIpc) is 2.78. The maximum absolute atomic E-state index is 10.7. The molecule has 0 aliphatic heterocycles. The normalized spacial score (nSPS) is 12.3. The molecule has 2 rings (SSSR count). The summed E-state index contributed by atoms with van der Waals surface area (Å²) >= 11 is 0. The van der Waals surface area contributed by atoms with Crippen molar-refractivity contribution in [2.24, 2.45) is 0 Å². The molecule has 0 bridgehead atoms. The summed E-state index contributed by atoms with van der Waals surface area (Å²) in [5.74, 6) is 0.577. The highest BCUT2D eigenvalue weighted by Crippen LogP contribution is 2.27. The van der Waals surface area contributed by atoms with Crippen molar-refractivity contribution in [3.05, 3.63) is 47.7 Å². The predicted molar refractivity (Wildman–Crippen MR) is 69.5 cm³/mol. The number of carboxylic acid groups (broad SMARTS) is 1. The molecule has 0 fully saturated rings. The molecular weight excluding hydrogens is 228 g/mol. The first-order valence-corrected chi connectivity index (χ1v) is 5.95. The third-order valence-electron chi connectivity index (χ3n) is 2.93.